The molecule has 0 aliphatic heterocycles. The number of hydrogen-bond donors (Lipinski definition) is 0. The second kappa shape index (κ2) is 4.48. The molecule has 0 aliphatic carbocycles. The first kappa shape index (κ1) is 14.3. The number of halogens is 5. The van der Waals surface area contributed by atoms with Gasteiger partial charge >= 0.3 is 6.18 Å². The highest BCUT2D eigenvalue weighted by molar-refractivity contribution is 9.10. The van der Waals surface area contributed by atoms with Crippen LogP contribution in [0.2, 0.25) is 0 Å². The Kier molecular flexibility index (Phi) is 3.76. The van der Waals surface area contributed by atoms with Gasteiger partial charge in [0.1, 0.15) is 6.07 Å². The maximum absolute atomic E-state index is 12.6. The summed E-state index contributed by atoms with van der Waals surface area (Å²) in [4.78, 5) is -1.09. The molecule has 17 heavy (non-hydrogen) atoms. The lowest BCUT2D eigenvalue weighted by atomic mass is 10.1. The summed E-state index contributed by atoms with van der Waals surface area (Å²) in [5.41, 5.74) is -1.80. The summed E-state index contributed by atoms with van der Waals surface area (Å²) < 4.78 is 59.7. The molecule has 0 aliphatic rings. The van der Waals surface area contributed by atoms with E-state index in [0.29, 0.717) is 12.1 Å². The zero-order chi connectivity index (χ0) is 13.4. The van der Waals surface area contributed by atoms with E-state index < -0.39 is 25.7 Å². The Labute approximate surface area is 107 Å². The number of alkyl halides is 3. The largest absolute Gasteiger partial charge is 0.417 e. The average molecular weight is 349 g/mol. The molecule has 0 N–H and O–H groups in total. The van der Waals surface area contributed by atoms with E-state index in [1.807, 2.05) is 0 Å². The van der Waals surface area contributed by atoms with Crippen LogP contribution in [0.25, 0.3) is 0 Å². The van der Waals surface area contributed by atoms with Crippen molar-refractivity contribution in [2.45, 2.75) is 11.1 Å². The van der Waals surface area contributed by atoms with Gasteiger partial charge in [0, 0.05) is 15.2 Å². The molecule has 0 saturated heterocycles. The molecule has 0 aromatic heterocycles. The van der Waals surface area contributed by atoms with E-state index in [1.165, 1.54) is 6.07 Å². The van der Waals surface area contributed by atoms with E-state index in [9.17, 15) is 21.6 Å². The normalized spacial score (nSPS) is 12.2. The van der Waals surface area contributed by atoms with Crippen LogP contribution in [0, 0.1) is 11.3 Å². The van der Waals surface area contributed by atoms with Crippen molar-refractivity contribution in [1.29, 1.82) is 5.26 Å². The maximum Gasteiger partial charge on any atom is 0.417 e. The smallest absolute Gasteiger partial charge is 0.207 e. The van der Waals surface area contributed by atoms with E-state index >= 15 is 0 Å². The Balaban J connectivity index is 3.73. The van der Waals surface area contributed by atoms with Crippen molar-refractivity contribution < 1.29 is 21.6 Å². The predicted octanol–water partition coefficient (Wildman–Crippen LogP) is 3.27. The van der Waals surface area contributed by atoms with Crippen LogP contribution in [0.15, 0.2) is 21.5 Å². The molecular weight excluding hydrogens is 347 g/mol. The molecule has 1 aromatic carbocycles. The summed E-state index contributed by atoms with van der Waals surface area (Å²) in [6.07, 6.45) is -4.91. The molecule has 0 radical (unpaired) electrons. The lowest BCUT2D eigenvalue weighted by Gasteiger charge is -2.11. The van der Waals surface area contributed by atoms with E-state index in [0.717, 1.165) is 0 Å². The summed E-state index contributed by atoms with van der Waals surface area (Å²) in [6, 6.07) is 2.59. The van der Waals surface area contributed by atoms with Crippen molar-refractivity contribution >= 4 is 35.7 Å². The highest BCUT2D eigenvalue weighted by atomic mass is 79.9. The number of rotatable bonds is 1. The Morgan fingerprint density at radius 2 is 1.88 bits per heavy atom. The van der Waals surface area contributed by atoms with Gasteiger partial charge in [-0.25, -0.2) is 8.42 Å². The zero-order valence-corrected chi connectivity index (χ0v) is 10.9. The molecule has 3 nitrogen and oxygen atoms in total. The Morgan fingerprint density at radius 3 is 2.24 bits per heavy atom. The van der Waals surface area contributed by atoms with E-state index in [1.54, 1.807) is 0 Å². The van der Waals surface area contributed by atoms with Gasteiger partial charge in [-0.2, -0.15) is 18.4 Å². The van der Waals surface area contributed by atoms with Gasteiger partial charge in [-0.1, -0.05) is 0 Å². The fraction of sp³-hybridized carbons (Fsp3) is 0.125. The molecule has 0 amide bonds. The molecule has 1 aromatic rings. The molecule has 0 spiro atoms. The van der Waals surface area contributed by atoms with Gasteiger partial charge in [0.25, 0.3) is 9.05 Å². The quantitative estimate of drug-likeness (QED) is 0.732. The molecule has 0 heterocycles. The van der Waals surface area contributed by atoms with Crippen LogP contribution < -0.4 is 0 Å². The van der Waals surface area contributed by atoms with Crippen LogP contribution in [-0.4, -0.2) is 8.42 Å². The van der Waals surface area contributed by atoms with Crippen LogP contribution in [0.3, 0.4) is 0 Å². The van der Waals surface area contributed by atoms with Crippen molar-refractivity contribution in [1.82, 2.24) is 0 Å². The minimum absolute atomic E-state index is 0.0766. The Hall–Kier alpha value is -0.780. The van der Waals surface area contributed by atoms with Gasteiger partial charge in [0.05, 0.1) is 16.0 Å². The van der Waals surface area contributed by atoms with Crippen molar-refractivity contribution in [2.24, 2.45) is 0 Å². The van der Waals surface area contributed by atoms with Gasteiger partial charge in [-0.05, 0) is 28.1 Å². The monoisotopic (exact) mass is 347 g/mol. The van der Waals surface area contributed by atoms with Crippen LogP contribution in [0.1, 0.15) is 11.1 Å². The topological polar surface area (TPSA) is 57.9 Å². The number of benzene rings is 1. The van der Waals surface area contributed by atoms with Gasteiger partial charge in [-0.15, -0.1) is 0 Å². The minimum atomic E-state index is -4.91. The van der Waals surface area contributed by atoms with Crippen molar-refractivity contribution in [3.05, 3.63) is 27.7 Å². The molecule has 0 unspecified atom stereocenters. The predicted molar refractivity (Wildman–Crippen MR) is 56.9 cm³/mol. The van der Waals surface area contributed by atoms with Gasteiger partial charge < -0.3 is 0 Å². The summed E-state index contributed by atoms with van der Waals surface area (Å²) in [6.45, 7) is 0. The molecule has 1 rings (SSSR count). The Bertz CT molecular complexity index is 606. The molecule has 0 atom stereocenters. The second-order valence-corrected chi connectivity index (χ2v) is 6.26. The lowest BCUT2D eigenvalue weighted by Crippen LogP contribution is -2.11. The van der Waals surface area contributed by atoms with Crippen molar-refractivity contribution in [3.8, 4) is 6.07 Å². The second-order valence-electron chi connectivity index (χ2n) is 2.88. The first-order valence-electron chi connectivity index (χ1n) is 3.83. The summed E-state index contributed by atoms with van der Waals surface area (Å²) >= 11 is 2.79. The van der Waals surface area contributed by atoms with Crippen molar-refractivity contribution in [2.75, 3.05) is 0 Å². The number of hydrogen-bond acceptors (Lipinski definition) is 3. The molecule has 0 fully saturated rings. The molecule has 0 saturated carbocycles. The third-order valence-electron chi connectivity index (χ3n) is 1.76. The SMILES string of the molecule is N#Cc1cc(C(F)(F)F)c(S(=O)(=O)Cl)cc1Br. The fourth-order valence-electron chi connectivity index (χ4n) is 1.06. The van der Waals surface area contributed by atoms with E-state index in [4.69, 9.17) is 15.9 Å². The molecule has 0 bridgehead atoms. The van der Waals surface area contributed by atoms with Crippen molar-refractivity contribution in [3.63, 3.8) is 0 Å². The minimum Gasteiger partial charge on any atom is -0.207 e. The van der Waals surface area contributed by atoms with Crippen LogP contribution in [0.5, 0.6) is 0 Å². The highest BCUT2D eigenvalue weighted by Gasteiger charge is 2.37. The van der Waals surface area contributed by atoms with Crippen LogP contribution in [-0.2, 0) is 15.2 Å². The molecule has 92 valence electrons. The summed E-state index contributed by atoms with van der Waals surface area (Å²) in [7, 11) is 0.354. The van der Waals surface area contributed by atoms with E-state index in [-0.39, 0.29) is 10.0 Å². The average Bonchev–Trinajstić information content (AvgIpc) is 2.14. The maximum atomic E-state index is 12.6. The molecule has 9 heteroatoms. The zero-order valence-electron chi connectivity index (χ0n) is 7.72. The van der Waals surface area contributed by atoms with Gasteiger partial charge in [0.2, 0.25) is 0 Å². The summed E-state index contributed by atoms with van der Waals surface area (Å²) in [5.74, 6) is 0. The standard InChI is InChI=1S/C8H2BrClF3NO2S/c9-6-2-7(17(10,15)16)5(8(11,12)13)1-4(6)3-14/h1-2H. The first-order chi connectivity index (χ1) is 7.57. The lowest BCUT2D eigenvalue weighted by molar-refractivity contribution is -0.139. The first-order valence-corrected chi connectivity index (χ1v) is 6.93. The van der Waals surface area contributed by atoms with E-state index in [2.05, 4.69) is 15.9 Å². The number of nitriles is 1. The number of nitrogens with zero attached hydrogens (tertiary/aromatic N) is 1. The third kappa shape index (κ3) is 3.12. The highest BCUT2D eigenvalue weighted by Crippen LogP contribution is 2.38. The third-order valence-corrected chi connectivity index (χ3v) is 3.78. The Morgan fingerprint density at radius 1 is 1.35 bits per heavy atom. The summed E-state index contributed by atoms with van der Waals surface area (Å²) in [5, 5.41) is 8.57. The van der Waals surface area contributed by atoms with Crippen LogP contribution >= 0.6 is 26.6 Å². The van der Waals surface area contributed by atoms with Gasteiger partial charge in [-0.3, -0.25) is 0 Å². The fourth-order valence-corrected chi connectivity index (χ4v) is 2.73. The van der Waals surface area contributed by atoms with Crippen LogP contribution in [0.4, 0.5) is 13.2 Å². The molecular formula is C8H2BrClF3NO2S. The van der Waals surface area contributed by atoms with Gasteiger partial charge in [0.15, 0.2) is 0 Å².